The summed E-state index contributed by atoms with van der Waals surface area (Å²) in [7, 11) is 0. The number of hydrogen-bond acceptors (Lipinski definition) is 4. The van der Waals surface area contributed by atoms with Gasteiger partial charge in [-0.1, -0.05) is 29.3 Å². The predicted molar refractivity (Wildman–Crippen MR) is 113 cm³/mol. The number of pyridine rings is 2. The molecule has 0 aliphatic heterocycles. The Hall–Kier alpha value is -2.23. The number of nitrogens with one attached hydrogen (secondary N) is 1. The molecule has 0 saturated carbocycles. The summed E-state index contributed by atoms with van der Waals surface area (Å²) in [6, 6.07) is 9.08. The quantitative estimate of drug-likeness (QED) is 0.501. The molecule has 0 spiro atoms. The molecule has 2 aromatic heterocycles. The fourth-order valence-corrected chi connectivity index (χ4v) is 3.11. The van der Waals surface area contributed by atoms with Crippen LogP contribution in [0.15, 0.2) is 42.6 Å². The van der Waals surface area contributed by atoms with Crippen molar-refractivity contribution in [2.45, 2.75) is 25.7 Å². The van der Waals surface area contributed by atoms with E-state index < -0.39 is 18.1 Å². The van der Waals surface area contributed by atoms with Gasteiger partial charge in [-0.3, -0.25) is 9.78 Å². The van der Waals surface area contributed by atoms with Gasteiger partial charge in [0.15, 0.2) is 0 Å². The van der Waals surface area contributed by atoms with Gasteiger partial charge in [-0.15, -0.1) is 0 Å². The zero-order valence-electron chi connectivity index (χ0n) is 15.4. The van der Waals surface area contributed by atoms with Gasteiger partial charge in [0.25, 0.3) is 0 Å². The molecular formula is C19H16Cl2F3N3O2S. The third-order valence-electron chi connectivity index (χ3n) is 4.02. The number of carbonyl (C=O) groups is 1. The van der Waals surface area contributed by atoms with Gasteiger partial charge in [0, 0.05) is 23.2 Å². The van der Waals surface area contributed by atoms with E-state index in [0.717, 1.165) is 0 Å². The van der Waals surface area contributed by atoms with E-state index in [2.05, 4.69) is 9.97 Å². The van der Waals surface area contributed by atoms with Crippen molar-refractivity contribution in [3.05, 3.63) is 64.0 Å². The van der Waals surface area contributed by atoms with Gasteiger partial charge in [-0.2, -0.15) is 26.7 Å². The molecule has 11 heteroatoms. The van der Waals surface area contributed by atoms with Crippen LogP contribution in [0.4, 0.5) is 13.2 Å². The van der Waals surface area contributed by atoms with Crippen molar-refractivity contribution in [1.82, 2.24) is 15.3 Å². The van der Waals surface area contributed by atoms with E-state index in [0.29, 0.717) is 22.3 Å². The molecule has 1 amide bonds. The van der Waals surface area contributed by atoms with Gasteiger partial charge in [-0.05, 0) is 31.2 Å². The molecule has 0 fully saturated rings. The Bertz CT molecular complexity index is 1050. The summed E-state index contributed by atoms with van der Waals surface area (Å²) in [5.74, 6) is -1.70. The van der Waals surface area contributed by atoms with Crippen LogP contribution in [0.25, 0.3) is 10.9 Å². The average Bonchev–Trinajstić information content (AvgIpc) is 2.66. The lowest BCUT2D eigenvalue weighted by molar-refractivity contribution is -0.174. The molecule has 1 aromatic carbocycles. The molecule has 0 aliphatic rings. The van der Waals surface area contributed by atoms with E-state index in [1.165, 1.54) is 13.0 Å². The van der Waals surface area contributed by atoms with Gasteiger partial charge >= 0.3 is 12.1 Å². The topological polar surface area (TPSA) is 64.1 Å². The minimum absolute atomic E-state index is 0. The zero-order valence-corrected chi connectivity index (χ0v) is 17.9. The van der Waals surface area contributed by atoms with E-state index in [4.69, 9.17) is 27.9 Å². The zero-order chi connectivity index (χ0) is 21.2. The third kappa shape index (κ3) is 5.68. The maximum atomic E-state index is 12.5. The van der Waals surface area contributed by atoms with Crippen LogP contribution in [0.1, 0.15) is 24.2 Å². The summed E-state index contributed by atoms with van der Waals surface area (Å²) in [5.41, 5.74) is 1.38. The lowest BCUT2D eigenvalue weighted by Crippen LogP contribution is -2.38. The lowest BCUT2D eigenvalue weighted by Gasteiger charge is -2.17. The first-order chi connectivity index (χ1) is 13.6. The second kappa shape index (κ2) is 9.72. The number of benzene rings is 1. The molecule has 1 atom stereocenters. The number of amides is 1. The van der Waals surface area contributed by atoms with Crippen molar-refractivity contribution in [1.29, 1.82) is 0 Å². The Morgan fingerprint density at radius 1 is 1.23 bits per heavy atom. The highest BCUT2D eigenvalue weighted by Gasteiger charge is 2.39. The van der Waals surface area contributed by atoms with Gasteiger partial charge in [-0.25, -0.2) is 4.98 Å². The van der Waals surface area contributed by atoms with Crippen LogP contribution in [0.2, 0.25) is 10.2 Å². The molecule has 0 unspecified atom stereocenters. The van der Waals surface area contributed by atoms with Gasteiger partial charge in [0.05, 0.1) is 22.3 Å². The molecule has 2 heterocycles. The summed E-state index contributed by atoms with van der Waals surface area (Å²) in [6.07, 6.45) is -3.35. The van der Waals surface area contributed by atoms with E-state index in [1.54, 1.807) is 30.5 Å². The predicted octanol–water partition coefficient (Wildman–Crippen LogP) is 5.37. The largest absolute Gasteiger partial charge is 0.486 e. The maximum Gasteiger partial charge on any atom is 0.471 e. The van der Waals surface area contributed by atoms with Gasteiger partial charge < -0.3 is 10.1 Å². The minimum atomic E-state index is -4.99. The molecule has 160 valence electrons. The maximum absolute atomic E-state index is 12.5. The van der Waals surface area contributed by atoms with Crippen LogP contribution in [-0.4, -0.2) is 22.1 Å². The molecule has 0 bridgehead atoms. The van der Waals surface area contributed by atoms with Crippen molar-refractivity contribution < 1.29 is 22.7 Å². The molecule has 0 saturated heterocycles. The Morgan fingerprint density at radius 2 is 1.97 bits per heavy atom. The summed E-state index contributed by atoms with van der Waals surface area (Å²) >= 11 is 12.4. The number of rotatable bonds is 5. The standard InChI is InChI=1S/C19H14Cl2F3N3O2.H2S/c1-10(26-18(28)19(22,23)24)13-6-11-7-14(20)16(8-15(11)27-17(13)21)29-9-12-4-2-3-5-25-12;/h2-8,10H,9H2,1H3,(H,26,28);1H2/t10-;/m0./s1. The molecular weight excluding hydrogens is 462 g/mol. The molecule has 0 aliphatic carbocycles. The van der Waals surface area contributed by atoms with Crippen molar-refractivity contribution in [2.75, 3.05) is 0 Å². The number of alkyl halides is 3. The summed E-state index contributed by atoms with van der Waals surface area (Å²) in [4.78, 5) is 19.5. The number of fused-ring (bicyclic) bond motifs is 1. The number of ether oxygens (including phenoxy) is 1. The molecule has 3 aromatic rings. The Morgan fingerprint density at radius 3 is 2.60 bits per heavy atom. The number of nitrogens with zero attached hydrogens (tertiary/aromatic N) is 2. The first-order valence-electron chi connectivity index (χ1n) is 8.35. The average molecular weight is 478 g/mol. The minimum Gasteiger partial charge on any atom is -0.486 e. The van der Waals surface area contributed by atoms with Crippen molar-refractivity contribution >= 4 is 53.5 Å². The SMILES string of the molecule is C[C@H](NC(=O)C(F)(F)F)c1cc2cc(Cl)c(OCc3ccccn3)cc2nc1Cl.S. The highest BCUT2D eigenvalue weighted by Crippen LogP contribution is 2.33. The van der Waals surface area contributed by atoms with E-state index in [9.17, 15) is 18.0 Å². The normalized spacial score (nSPS) is 12.2. The van der Waals surface area contributed by atoms with Crippen LogP contribution >= 0.6 is 36.7 Å². The first kappa shape index (κ1) is 24.0. The highest BCUT2D eigenvalue weighted by atomic mass is 35.5. The summed E-state index contributed by atoms with van der Waals surface area (Å²) in [6.45, 7) is 1.57. The van der Waals surface area contributed by atoms with Crippen molar-refractivity contribution in [3.8, 4) is 5.75 Å². The van der Waals surface area contributed by atoms with E-state index in [-0.39, 0.29) is 35.8 Å². The molecule has 3 rings (SSSR count). The summed E-state index contributed by atoms with van der Waals surface area (Å²) in [5, 5.41) is 2.64. The number of hydrogen-bond donors (Lipinski definition) is 1. The van der Waals surface area contributed by atoms with Gasteiger partial charge in [0.1, 0.15) is 17.5 Å². The number of aromatic nitrogens is 2. The van der Waals surface area contributed by atoms with Crippen LogP contribution in [0.5, 0.6) is 5.75 Å². The van der Waals surface area contributed by atoms with E-state index in [1.807, 2.05) is 11.4 Å². The van der Waals surface area contributed by atoms with Crippen LogP contribution < -0.4 is 10.1 Å². The monoisotopic (exact) mass is 477 g/mol. The van der Waals surface area contributed by atoms with Crippen molar-refractivity contribution in [2.24, 2.45) is 0 Å². The second-order valence-electron chi connectivity index (χ2n) is 6.15. The Balaban J connectivity index is 0.00000320. The highest BCUT2D eigenvalue weighted by molar-refractivity contribution is 7.59. The number of halogens is 5. The fourth-order valence-electron chi connectivity index (χ4n) is 2.57. The molecule has 0 radical (unpaired) electrons. The smallest absolute Gasteiger partial charge is 0.471 e. The van der Waals surface area contributed by atoms with E-state index >= 15 is 0 Å². The Labute approximate surface area is 187 Å². The fraction of sp³-hybridized carbons (Fsp3) is 0.211. The molecule has 1 N–H and O–H groups in total. The lowest BCUT2D eigenvalue weighted by atomic mass is 10.1. The molecule has 5 nitrogen and oxygen atoms in total. The van der Waals surface area contributed by atoms with Crippen molar-refractivity contribution in [3.63, 3.8) is 0 Å². The van der Waals surface area contributed by atoms with Gasteiger partial charge in [0.2, 0.25) is 0 Å². The number of carbonyl (C=O) groups excluding carboxylic acids is 1. The molecule has 30 heavy (non-hydrogen) atoms. The third-order valence-corrected chi connectivity index (χ3v) is 4.62. The summed E-state index contributed by atoms with van der Waals surface area (Å²) < 4.78 is 43.1. The van der Waals surface area contributed by atoms with Crippen LogP contribution in [-0.2, 0) is 11.4 Å². The first-order valence-corrected chi connectivity index (χ1v) is 9.11. The van der Waals surface area contributed by atoms with Crippen LogP contribution in [0, 0.1) is 0 Å². The van der Waals surface area contributed by atoms with Crippen LogP contribution in [0.3, 0.4) is 0 Å². The second-order valence-corrected chi connectivity index (χ2v) is 6.91. The Kier molecular flexibility index (Phi) is 7.79.